The first kappa shape index (κ1) is 28.5. The summed E-state index contributed by atoms with van der Waals surface area (Å²) in [6.45, 7) is 0. The summed E-state index contributed by atoms with van der Waals surface area (Å²) < 4.78 is 6.33. The van der Waals surface area contributed by atoms with Gasteiger partial charge in [0.2, 0.25) is 11.9 Å². The van der Waals surface area contributed by atoms with Gasteiger partial charge in [0.1, 0.15) is 36.3 Å². The number of benzene rings is 4. The van der Waals surface area contributed by atoms with Crippen molar-refractivity contribution in [1.82, 2.24) is 58.6 Å². The fraction of sp³-hybridized carbons (Fsp3) is 0. The number of nitrogens with zero attached hydrogens (tertiary/aromatic N) is 12. The van der Waals surface area contributed by atoms with Gasteiger partial charge in [-0.2, -0.15) is 0 Å². The Morgan fingerprint density at radius 1 is 0.431 bits per heavy atom. The van der Waals surface area contributed by atoms with E-state index in [1.807, 2.05) is 97.2 Å². The van der Waals surface area contributed by atoms with Gasteiger partial charge in [-0.1, -0.05) is 97.1 Å². The first-order valence-electron chi connectivity index (χ1n) is 16.2. The van der Waals surface area contributed by atoms with E-state index in [-0.39, 0.29) is 0 Å². The highest BCUT2D eigenvalue weighted by molar-refractivity contribution is 6.25. The summed E-state index contributed by atoms with van der Waals surface area (Å²) in [5.74, 6) is 2.67. The smallest absolute Gasteiger partial charge is 0.237 e. The number of para-hydroxylation sites is 2. The van der Waals surface area contributed by atoms with Crippen LogP contribution in [0.3, 0.4) is 0 Å². The highest BCUT2D eigenvalue weighted by Gasteiger charge is 2.27. The summed E-state index contributed by atoms with van der Waals surface area (Å²) in [6, 6.07) is 36.3. The van der Waals surface area contributed by atoms with E-state index in [2.05, 4.69) is 67.9 Å². The van der Waals surface area contributed by atoms with Gasteiger partial charge >= 0.3 is 0 Å². The van der Waals surface area contributed by atoms with Crippen LogP contribution in [0.1, 0.15) is 5.82 Å². The second-order valence-corrected chi connectivity index (χ2v) is 11.7. The number of hydrogen-bond acceptors (Lipinski definition) is 9. The molecule has 0 radical (unpaired) electrons. The molecule has 51 heavy (non-hydrogen) atoms. The minimum Gasteiger partial charge on any atom is -0.312 e. The van der Waals surface area contributed by atoms with E-state index in [9.17, 15) is 0 Å². The van der Waals surface area contributed by atoms with Gasteiger partial charge < -0.3 is 4.57 Å². The Morgan fingerprint density at radius 2 is 0.863 bits per heavy atom. The Labute approximate surface area is 289 Å². The van der Waals surface area contributed by atoms with Crippen LogP contribution >= 0.6 is 0 Å². The lowest BCUT2D eigenvalue weighted by Gasteiger charge is -2.07. The monoisotopic (exact) mass is 660 g/mol. The summed E-state index contributed by atoms with van der Waals surface area (Å²) in [5.41, 5.74) is 7.32. The molecule has 12 heteroatoms. The molecule has 0 saturated carbocycles. The highest BCUT2D eigenvalue weighted by atomic mass is 15.2. The summed E-state index contributed by atoms with van der Waals surface area (Å²) in [6.07, 6.45) is 9.99. The number of hydrogen-bond donors (Lipinski definition) is 0. The van der Waals surface area contributed by atoms with Crippen molar-refractivity contribution < 1.29 is 0 Å². The van der Waals surface area contributed by atoms with Gasteiger partial charge in [-0.15, -0.1) is 0 Å². The minimum atomic E-state index is 0.490. The van der Waals surface area contributed by atoms with Gasteiger partial charge in [-0.3, -0.25) is 9.13 Å². The van der Waals surface area contributed by atoms with Crippen molar-refractivity contribution >= 4 is 56.1 Å². The molecule has 0 fully saturated rings. The Morgan fingerprint density at radius 3 is 1.33 bits per heavy atom. The van der Waals surface area contributed by atoms with Gasteiger partial charge in [0.15, 0.2) is 17.5 Å². The van der Waals surface area contributed by atoms with Crippen molar-refractivity contribution in [2.24, 2.45) is 0 Å². The van der Waals surface area contributed by atoms with Crippen molar-refractivity contribution in [3.05, 3.63) is 140 Å². The molecule has 6 heterocycles. The molecule has 4 aromatic carbocycles. The van der Waals surface area contributed by atoms with Crippen LogP contribution < -0.4 is 0 Å². The first-order valence-corrected chi connectivity index (χ1v) is 16.2. The predicted molar refractivity (Wildman–Crippen MR) is 196 cm³/mol. The lowest BCUT2D eigenvalue weighted by molar-refractivity contribution is 0.928. The van der Waals surface area contributed by atoms with Crippen molar-refractivity contribution in [3.63, 3.8) is 0 Å². The topological polar surface area (TPSA) is 131 Å². The second-order valence-electron chi connectivity index (χ2n) is 11.7. The molecule has 0 atom stereocenters. The first-order chi connectivity index (χ1) is 25.3. The van der Waals surface area contributed by atoms with Crippen LogP contribution in [0.5, 0.6) is 0 Å². The lowest BCUT2D eigenvalue weighted by Crippen LogP contribution is -2.03. The molecular weight excluding hydrogens is 637 g/mol. The van der Waals surface area contributed by atoms with E-state index < -0.39 is 0 Å². The molecule has 10 rings (SSSR count). The van der Waals surface area contributed by atoms with Gasteiger partial charge in [0.05, 0.1) is 22.1 Å². The van der Waals surface area contributed by atoms with E-state index in [4.69, 9.17) is 15.0 Å². The molecule has 12 nitrogen and oxygen atoms in total. The summed E-state index contributed by atoms with van der Waals surface area (Å²) in [4.78, 5) is 41.3. The number of fused-ring (bicyclic) bond motifs is 7. The Hall–Kier alpha value is -7.47. The molecule has 10 aromatic rings. The molecule has 0 aliphatic carbocycles. The van der Waals surface area contributed by atoms with Gasteiger partial charge in [-0.05, 0) is 18.2 Å². The van der Waals surface area contributed by atoms with Crippen molar-refractivity contribution in [3.8, 4) is 34.7 Å². The molecule has 6 aromatic heterocycles. The number of rotatable bonds is 6. The predicted octanol–water partition coefficient (Wildman–Crippen LogP) is 7.20. The summed E-state index contributed by atoms with van der Waals surface area (Å²) >= 11 is 0. The molecule has 0 aliphatic rings. The Balaban J connectivity index is 1.32. The average molecular weight is 661 g/mol. The van der Waals surface area contributed by atoms with Crippen LogP contribution in [0, 0.1) is 0 Å². The quantitative estimate of drug-likeness (QED) is 0.182. The molecule has 0 amide bonds. The third-order valence-corrected chi connectivity index (χ3v) is 8.85. The average Bonchev–Trinajstić information content (AvgIpc) is 3.83. The normalized spacial score (nSPS) is 11.8. The third kappa shape index (κ3) is 4.58. The Bertz CT molecular complexity index is 2710. The fourth-order valence-corrected chi connectivity index (χ4v) is 6.78. The van der Waals surface area contributed by atoms with E-state index in [1.165, 1.54) is 25.3 Å². The summed E-state index contributed by atoms with van der Waals surface area (Å²) in [5, 5.41) is 2.01. The molecule has 240 valence electrons. The standard InChI is InChI=1S/C39H24N12/c1-3-11-25(12-4-1)36-46-31(47-37(48-36)26-13-5-2-6-14-26)19-20-49-32-27-15-7-9-17-29(27)50(38-42-21-40-22-43-38)34(32)35-33(49)28-16-8-10-18-30(28)51(35)39-44-23-41-24-45-39/h1-24H/b20-19+. The molecule has 0 saturated heterocycles. The molecule has 0 N–H and O–H groups in total. The maximum Gasteiger partial charge on any atom is 0.237 e. The van der Waals surface area contributed by atoms with Crippen molar-refractivity contribution in [1.29, 1.82) is 0 Å². The SMILES string of the molecule is C(=C\n1c2c3ccccc3n(-c3ncncn3)c2c2c1c1ccccc1n2-c1ncncn1)/c1nc(-c2ccccc2)nc(-c2ccccc2)n1. The van der Waals surface area contributed by atoms with E-state index in [1.54, 1.807) is 0 Å². The fourth-order valence-electron chi connectivity index (χ4n) is 6.78. The van der Waals surface area contributed by atoms with Crippen LogP contribution in [-0.2, 0) is 0 Å². The zero-order chi connectivity index (χ0) is 33.7. The van der Waals surface area contributed by atoms with E-state index >= 15 is 0 Å². The maximum atomic E-state index is 4.93. The van der Waals surface area contributed by atoms with Crippen LogP contribution in [0.4, 0.5) is 0 Å². The van der Waals surface area contributed by atoms with Crippen LogP contribution in [0.2, 0.25) is 0 Å². The molecule has 0 unspecified atom stereocenters. The molecular formula is C39H24N12. The van der Waals surface area contributed by atoms with Crippen molar-refractivity contribution in [2.45, 2.75) is 0 Å². The Kier molecular flexibility index (Phi) is 6.49. The van der Waals surface area contributed by atoms with Crippen LogP contribution in [-0.4, -0.2) is 58.6 Å². The van der Waals surface area contributed by atoms with Crippen LogP contribution in [0.25, 0.3) is 90.8 Å². The highest BCUT2D eigenvalue weighted by Crippen LogP contribution is 2.43. The lowest BCUT2D eigenvalue weighted by atomic mass is 10.2. The molecule has 0 aliphatic heterocycles. The van der Waals surface area contributed by atoms with E-state index in [0.717, 1.165) is 55.0 Å². The maximum absolute atomic E-state index is 4.93. The third-order valence-electron chi connectivity index (χ3n) is 8.85. The zero-order valence-electron chi connectivity index (χ0n) is 26.7. The van der Waals surface area contributed by atoms with Gasteiger partial charge in [0.25, 0.3) is 0 Å². The largest absolute Gasteiger partial charge is 0.312 e. The number of aromatic nitrogens is 12. The van der Waals surface area contributed by atoms with E-state index in [0.29, 0.717) is 29.4 Å². The van der Waals surface area contributed by atoms with Gasteiger partial charge in [0, 0.05) is 28.1 Å². The second kappa shape index (κ2) is 11.6. The summed E-state index contributed by atoms with van der Waals surface area (Å²) in [7, 11) is 0. The molecule has 0 spiro atoms. The minimum absolute atomic E-state index is 0.490. The van der Waals surface area contributed by atoms with Crippen LogP contribution in [0.15, 0.2) is 135 Å². The van der Waals surface area contributed by atoms with Crippen molar-refractivity contribution in [2.75, 3.05) is 0 Å². The zero-order valence-corrected chi connectivity index (χ0v) is 26.7. The van der Waals surface area contributed by atoms with Gasteiger partial charge in [-0.25, -0.2) is 44.9 Å². The molecule has 0 bridgehead atoms.